The molecule has 0 atom stereocenters. The summed E-state index contributed by atoms with van der Waals surface area (Å²) in [6, 6.07) is 0.697. The highest BCUT2D eigenvalue weighted by atomic mass is 16.5. The van der Waals surface area contributed by atoms with Gasteiger partial charge in [-0.05, 0) is 25.7 Å². The third-order valence-electron chi connectivity index (χ3n) is 5.09. The van der Waals surface area contributed by atoms with Crippen LogP contribution in [0, 0.1) is 6.92 Å². The van der Waals surface area contributed by atoms with Crippen LogP contribution in [0.3, 0.4) is 0 Å². The summed E-state index contributed by atoms with van der Waals surface area (Å²) in [6.45, 7) is 3.91. The van der Waals surface area contributed by atoms with Crippen LogP contribution in [0.4, 0.5) is 6.01 Å². The highest BCUT2D eigenvalue weighted by Crippen LogP contribution is 2.35. The molecule has 2 aromatic heterocycles. The van der Waals surface area contributed by atoms with Crippen LogP contribution < -0.4 is 10.2 Å². The normalized spacial score (nSPS) is 26.0. The molecular weight excluding hydrogens is 336 g/mol. The van der Waals surface area contributed by atoms with Gasteiger partial charge in [0, 0.05) is 31.9 Å². The van der Waals surface area contributed by atoms with Crippen molar-refractivity contribution < 1.29 is 13.9 Å². The summed E-state index contributed by atoms with van der Waals surface area (Å²) in [4.78, 5) is 22.1. The zero-order chi connectivity index (χ0) is 18.0. The van der Waals surface area contributed by atoms with Gasteiger partial charge in [-0.3, -0.25) is 4.79 Å². The topological polar surface area (TPSA) is 106 Å². The molecule has 9 nitrogen and oxygen atoms in total. The summed E-state index contributed by atoms with van der Waals surface area (Å²) in [7, 11) is 0. The molecule has 0 unspecified atom stereocenters. The number of hydrogen-bond donors (Lipinski definition) is 1. The second kappa shape index (κ2) is 6.99. The van der Waals surface area contributed by atoms with Gasteiger partial charge in [0.2, 0.25) is 5.89 Å². The van der Waals surface area contributed by atoms with E-state index in [1.165, 1.54) is 18.7 Å². The van der Waals surface area contributed by atoms with Crippen molar-refractivity contribution in [3.8, 4) is 0 Å². The molecule has 1 saturated heterocycles. The maximum absolute atomic E-state index is 12.3. The molecule has 0 aromatic carbocycles. The van der Waals surface area contributed by atoms with Crippen molar-refractivity contribution in [3.05, 3.63) is 30.2 Å². The molecule has 1 aliphatic carbocycles. The van der Waals surface area contributed by atoms with Crippen LogP contribution >= 0.6 is 0 Å². The number of hydrogen-bond acceptors (Lipinski definition) is 8. The van der Waals surface area contributed by atoms with Crippen LogP contribution in [-0.4, -0.2) is 57.4 Å². The van der Waals surface area contributed by atoms with Gasteiger partial charge in [-0.15, -0.1) is 5.10 Å². The van der Waals surface area contributed by atoms with Crippen LogP contribution in [-0.2, 0) is 4.74 Å². The van der Waals surface area contributed by atoms with Crippen molar-refractivity contribution in [2.45, 2.75) is 44.2 Å². The standard InChI is InChI=1S/C17H22N6O3/c1-12-21-22-16(26-12)23-6-7-25-17(10-23)4-2-14(3-5-17)20-15(24)13-8-18-11-19-9-13/h8-9,11,14H,2-7,10H2,1H3,(H,20,24). The zero-order valence-corrected chi connectivity index (χ0v) is 14.7. The first-order valence-corrected chi connectivity index (χ1v) is 8.88. The molecule has 1 saturated carbocycles. The van der Waals surface area contributed by atoms with Gasteiger partial charge in [-0.2, -0.15) is 0 Å². The maximum atomic E-state index is 12.3. The van der Waals surface area contributed by atoms with Crippen molar-refractivity contribution in [1.29, 1.82) is 0 Å². The van der Waals surface area contributed by atoms with E-state index in [-0.39, 0.29) is 17.6 Å². The number of aryl methyl sites for hydroxylation is 1. The largest absolute Gasteiger partial charge is 0.408 e. The predicted octanol–water partition coefficient (Wildman–Crippen LogP) is 1.12. The smallest absolute Gasteiger partial charge is 0.318 e. The van der Waals surface area contributed by atoms with Gasteiger partial charge in [-0.25, -0.2) is 9.97 Å². The Hall–Kier alpha value is -2.55. The summed E-state index contributed by atoms with van der Waals surface area (Å²) in [6.07, 6.45) is 7.98. The Morgan fingerprint density at radius 1 is 1.27 bits per heavy atom. The van der Waals surface area contributed by atoms with Gasteiger partial charge < -0.3 is 19.4 Å². The average molecular weight is 358 g/mol. The van der Waals surface area contributed by atoms with Gasteiger partial charge in [0.1, 0.15) is 6.33 Å². The Kier molecular flexibility index (Phi) is 4.54. The van der Waals surface area contributed by atoms with Gasteiger partial charge in [-0.1, -0.05) is 5.10 Å². The molecule has 1 amide bonds. The van der Waals surface area contributed by atoms with Gasteiger partial charge >= 0.3 is 6.01 Å². The molecule has 1 aliphatic heterocycles. The van der Waals surface area contributed by atoms with Crippen molar-refractivity contribution in [2.75, 3.05) is 24.6 Å². The molecule has 2 aliphatic rings. The summed E-state index contributed by atoms with van der Waals surface area (Å²) >= 11 is 0. The molecule has 1 spiro atoms. The van der Waals surface area contributed by atoms with Crippen LogP contribution in [0.1, 0.15) is 41.9 Å². The SMILES string of the molecule is Cc1nnc(N2CCOC3(CCC(NC(=O)c4cncnc4)CC3)C2)o1. The highest BCUT2D eigenvalue weighted by molar-refractivity contribution is 5.93. The minimum atomic E-state index is -0.211. The Balaban J connectivity index is 1.34. The molecule has 138 valence electrons. The second-order valence-corrected chi connectivity index (χ2v) is 6.93. The van der Waals surface area contributed by atoms with E-state index in [1.54, 1.807) is 6.92 Å². The fourth-order valence-electron chi connectivity index (χ4n) is 3.70. The number of nitrogens with one attached hydrogen (secondary N) is 1. The Morgan fingerprint density at radius 2 is 2.04 bits per heavy atom. The Labute approximate surface area is 151 Å². The third-order valence-corrected chi connectivity index (χ3v) is 5.09. The molecule has 0 radical (unpaired) electrons. The van der Waals surface area contributed by atoms with E-state index in [1.807, 2.05) is 0 Å². The van der Waals surface area contributed by atoms with Crippen LogP contribution in [0.5, 0.6) is 0 Å². The van der Waals surface area contributed by atoms with Gasteiger partial charge in [0.15, 0.2) is 0 Å². The highest BCUT2D eigenvalue weighted by Gasteiger charge is 2.41. The van der Waals surface area contributed by atoms with Gasteiger partial charge in [0.05, 0.1) is 24.3 Å². The van der Waals surface area contributed by atoms with Crippen LogP contribution in [0.2, 0.25) is 0 Å². The van der Waals surface area contributed by atoms with E-state index < -0.39 is 0 Å². The van der Waals surface area contributed by atoms with E-state index >= 15 is 0 Å². The summed E-state index contributed by atoms with van der Waals surface area (Å²) in [5, 5.41) is 11.1. The number of anilines is 1. The third kappa shape index (κ3) is 3.52. The lowest BCUT2D eigenvalue weighted by Gasteiger charge is -2.46. The first-order valence-electron chi connectivity index (χ1n) is 8.88. The lowest BCUT2D eigenvalue weighted by Crippen LogP contribution is -2.55. The number of rotatable bonds is 3. The first-order chi connectivity index (χ1) is 12.6. The number of carbonyl (C=O) groups is 1. The molecular formula is C17H22N6O3. The lowest BCUT2D eigenvalue weighted by atomic mass is 9.81. The molecule has 3 heterocycles. The number of aromatic nitrogens is 4. The molecule has 1 N–H and O–H groups in total. The number of morpholine rings is 1. The summed E-state index contributed by atoms with van der Waals surface area (Å²) in [5.41, 5.74) is 0.275. The van der Waals surface area contributed by atoms with Crippen LogP contribution in [0.25, 0.3) is 0 Å². The maximum Gasteiger partial charge on any atom is 0.318 e. The lowest BCUT2D eigenvalue weighted by molar-refractivity contribution is -0.0828. The minimum absolute atomic E-state index is 0.126. The molecule has 9 heteroatoms. The Bertz CT molecular complexity index is 757. The van der Waals surface area contributed by atoms with Crippen molar-refractivity contribution in [1.82, 2.24) is 25.5 Å². The van der Waals surface area contributed by atoms with Crippen molar-refractivity contribution >= 4 is 11.9 Å². The minimum Gasteiger partial charge on any atom is -0.408 e. The summed E-state index contributed by atoms with van der Waals surface area (Å²) < 4.78 is 11.7. The van der Waals surface area contributed by atoms with Crippen LogP contribution in [0.15, 0.2) is 23.1 Å². The van der Waals surface area contributed by atoms with E-state index in [0.29, 0.717) is 24.1 Å². The summed E-state index contributed by atoms with van der Waals surface area (Å²) in [5.74, 6) is 0.441. The van der Waals surface area contributed by atoms with E-state index in [9.17, 15) is 4.79 Å². The van der Waals surface area contributed by atoms with Crippen molar-refractivity contribution in [2.24, 2.45) is 0 Å². The molecule has 2 aromatic rings. The molecule has 26 heavy (non-hydrogen) atoms. The fraction of sp³-hybridized carbons (Fsp3) is 0.588. The molecule has 2 fully saturated rings. The zero-order valence-electron chi connectivity index (χ0n) is 14.7. The first kappa shape index (κ1) is 16.9. The number of nitrogens with zero attached hydrogens (tertiary/aromatic N) is 5. The number of carbonyl (C=O) groups excluding carboxylic acids is 1. The van der Waals surface area contributed by atoms with E-state index in [0.717, 1.165) is 38.8 Å². The van der Waals surface area contributed by atoms with Crippen molar-refractivity contribution in [3.63, 3.8) is 0 Å². The van der Waals surface area contributed by atoms with Gasteiger partial charge in [0.25, 0.3) is 5.91 Å². The van der Waals surface area contributed by atoms with E-state index in [2.05, 4.69) is 30.4 Å². The number of amides is 1. The predicted molar refractivity (Wildman–Crippen MR) is 91.7 cm³/mol. The Morgan fingerprint density at radius 3 is 2.73 bits per heavy atom. The second-order valence-electron chi connectivity index (χ2n) is 6.93. The molecule has 4 rings (SSSR count). The monoisotopic (exact) mass is 358 g/mol. The van der Waals surface area contributed by atoms with E-state index in [4.69, 9.17) is 9.15 Å². The molecule has 0 bridgehead atoms. The fourth-order valence-corrected chi connectivity index (χ4v) is 3.70. The number of ether oxygens (including phenoxy) is 1. The quantitative estimate of drug-likeness (QED) is 0.870. The average Bonchev–Trinajstić information content (AvgIpc) is 3.11.